The highest BCUT2D eigenvalue weighted by atomic mass is 16.4. The molecule has 4 heterocycles. The molecule has 8 heteroatoms. The van der Waals surface area contributed by atoms with Gasteiger partial charge in [0.05, 0.1) is 23.1 Å². The molecule has 1 amide bonds. The molecule has 1 saturated carbocycles. The number of hydrogen-bond donors (Lipinski definition) is 2. The Morgan fingerprint density at radius 1 is 1.17 bits per heavy atom. The topological polar surface area (TPSA) is 100 Å². The highest BCUT2D eigenvalue weighted by Gasteiger charge is 2.47. The number of nitrogens with zero attached hydrogens (tertiary/aromatic N) is 4. The van der Waals surface area contributed by atoms with Gasteiger partial charge in [0.2, 0.25) is 0 Å². The van der Waals surface area contributed by atoms with E-state index in [0.717, 1.165) is 52.8 Å². The number of benzene rings is 1. The molecule has 182 valence electrons. The number of imidazole rings is 1. The van der Waals surface area contributed by atoms with Crippen molar-refractivity contribution in [1.29, 1.82) is 0 Å². The van der Waals surface area contributed by atoms with Gasteiger partial charge >= 0.3 is 5.97 Å². The second-order valence-corrected chi connectivity index (χ2v) is 10.3. The maximum absolute atomic E-state index is 13.5. The summed E-state index contributed by atoms with van der Waals surface area (Å²) in [5, 5.41) is 11.7. The number of likely N-dealkylation sites (tertiary alicyclic amines) is 1. The van der Waals surface area contributed by atoms with Crippen molar-refractivity contribution in [3.63, 3.8) is 0 Å². The molecule has 36 heavy (non-hydrogen) atoms. The number of nitrogens with one attached hydrogen (secondary N) is 1. The molecule has 4 aliphatic rings. The van der Waals surface area contributed by atoms with E-state index in [0.29, 0.717) is 11.7 Å². The summed E-state index contributed by atoms with van der Waals surface area (Å²) in [5.41, 5.74) is 7.68. The lowest BCUT2D eigenvalue weighted by atomic mass is 9.83. The number of carboxylic acid groups (broad SMARTS) is 1. The summed E-state index contributed by atoms with van der Waals surface area (Å²) in [7, 11) is 1.92. The number of hydrogen-bond acceptors (Lipinski definition) is 5. The van der Waals surface area contributed by atoms with E-state index < -0.39 is 5.97 Å². The fourth-order valence-corrected chi connectivity index (χ4v) is 6.26. The Morgan fingerprint density at radius 3 is 2.75 bits per heavy atom. The van der Waals surface area contributed by atoms with E-state index in [1.807, 2.05) is 30.1 Å². The number of carboxylic acids is 1. The SMILES string of the molecule is CN1C(=O)C2=CCCC(C3CC3)=C2C2CC1c1nc3ccc(-c4ccc(NCC(=O)O)nc4)cc3n12. The van der Waals surface area contributed by atoms with Crippen LogP contribution in [0.15, 0.2) is 59.3 Å². The molecular weight excluding hydrogens is 454 g/mol. The number of amides is 1. The Morgan fingerprint density at radius 2 is 2.00 bits per heavy atom. The average molecular weight is 482 g/mol. The number of allylic oxidation sites excluding steroid dienone is 2. The average Bonchev–Trinajstić information content (AvgIpc) is 3.60. The molecule has 1 saturated heterocycles. The molecule has 2 unspecified atom stereocenters. The van der Waals surface area contributed by atoms with E-state index in [2.05, 4.69) is 27.0 Å². The predicted molar refractivity (Wildman–Crippen MR) is 135 cm³/mol. The van der Waals surface area contributed by atoms with E-state index >= 15 is 0 Å². The van der Waals surface area contributed by atoms with Crippen LogP contribution in [-0.2, 0) is 9.59 Å². The van der Waals surface area contributed by atoms with Gasteiger partial charge in [-0.3, -0.25) is 9.59 Å². The van der Waals surface area contributed by atoms with E-state index in [9.17, 15) is 9.59 Å². The highest BCUT2D eigenvalue weighted by Crippen LogP contribution is 2.54. The van der Waals surface area contributed by atoms with Crippen molar-refractivity contribution < 1.29 is 14.7 Å². The minimum absolute atomic E-state index is 0.0286. The van der Waals surface area contributed by atoms with E-state index in [1.54, 1.807) is 12.3 Å². The van der Waals surface area contributed by atoms with Crippen LogP contribution in [0.25, 0.3) is 22.2 Å². The molecule has 2 N–H and O–H groups in total. The summed E-state index contributed by atoms with van der Waals surface area (Å²) in [5.74, 6) is 1.34. The van der Waals surface area contributed by atoms with Crippen LogP contribution in [0, 0.1) is 5.92 Å². The first kappa shape index (κ1) is 21.4. The molecule has 1 aromatic carbocycles. The van der Waals surface area contributed by atoms with Crippen molar-refractivity contribution in [2.24, 2.45) is 5.92 Å². The summed E-state index contributed by atoms with van der Waals surface area (Å²) in [6, 6.07) is 10.1. The van der Waals surface area contributed by atoms with E-state index in [4.69, 9.17) is 10.1 Å². The largest absolute Gasteiger partial charge is 0.480 e. The minimum atomic E-state index is -0.926. The van der Waals surface area contributed by atoms with Crippen LogP contribution in [0.1, 0.15) is 50.0 Å². The maximum atomic E-state index is 13.5. The first-order valence-corrected chi connectivity index (χ1v) is 12.6. The molecule has 2 aliphatic heterocycles. The first-order chi connectivity index (χ1) is 17.5. The number of aliphatic carboxylic acids is 1. The Hall–Kier alpha value is -3.94. The molecule has 2 aromatic heterocycles. The Labute approximate surface area is 208 Å². The van der Waals surface area contributed by atoms with Crippen LogP contribution in [0.3, 0.4) is 0 Å². The van der Waals surface area contributed by atoms with Crippen LogP contribution in [0.2, 0.25) is 0 Å². The second kappa shape index (κ2) is 7.78. The summed E-state index contributed by atoms with van der Waals surface area (Å²) >= 11 is 0. The summed E-state index contributed by atoms with van der Waals surface area (Å²) in [4.78, 5) is 35.6. The van der Waals surface area contributed by atoms with Gasteiger partial charge in [-0.25, -0.2) is 9.97 Å². The third kappa shape index (κ3) is 3.20. The van der Waals surface area contributed by atoms with Gasteiger partial charge in [0.25, 0.3) is 5.91 Å². The molecule has 8 nitrogen and oxygen atoms in total. The van der Waals surface area contributed by atoms with Crippen molar-refractivity contribution in [3.8, 4) is 11.1 Å². The monoisotopic (exact) mass is 481 g/mol. The standard InChI is InChI=1S/C28H27N5O3/c1-32-23-12-22(26-18(15-5-6-15)3-2-4-19(26)28(32)36)33-21-11-16(7-9-20(21)31-27(23)33)17-8-10-24(29-13-17)30-14-25(34)35/h4,7-11,13,15,22-23H,2-3,5-6,12,14H2,1H3,(H,29,30)(H,34,35). The zero-order valence-corrected chi connectivity index (χ0v) is 20.1. The Bertz CT molecular complexity index is 1500. The number of carbonyl (C=O) groups excluding carboxylic acids is 1. The Kier molecular flexibility index (Phi) is 4.61. The Balaban J connectivity index is 1.34. The van der Waals surface area contributed by atoms with Crippen molar-refractivity contribution >= 4 is 28.7 Å². The van der Waals surface area contributed by atoms with Gasteiger partial charge in [0.15, 0.2) is 0 Å². The lowest BCUT2D eigenvalue weighted by molar-refractivity contribution is -0.135. The van der Waals surface area contributed by atoms with E-state index in [-0.39, 0.29) is 24.5 Å². The summed E-state index contributed by atoms with van der Waals surface area (Å²) in [6.07, 6.45) is 9.28. The number of carbonyl (C=O) groups is 2. The number of pyridine rings is 1. The van der Waals surface area contributed by atoms with Gasteiger partial charge in [-0.15, -0.1) is 0 Å². The fraction of sp³-hybridized carbons (Fsp3) is 0.357. The van der Waals surface area contributed by atoms with Crippen LogP contribution >= 0.6 is 0 Å². The molecule has 2 fully saturated rings. The van der Waals surface area contributed by atoms with Crippen LogP contribution in [-0.4, -0.2) is 50.0 Å². The molecular formula is C28H27N5O3. The normalized spacial score (nSPS) is 22.9. The molecule has 0 spiro atoms. The maximum Gasteiger partial charge on any atom is 0.322 e. The van der Waals surface area contributed by atoms with Crippen molar-refractivity contribution in [3.05, 3.63) is 65.1 Å². The van der Waals surface area contributed by atoms with Gasteiger partial charge in [-0.2, -0.15) is 0 Å². The molecule has 2 aliphatic carbocycles. The zero-order valence-electron chi connectivity index (χ0n) is 20.1. The fourth-order valence-electron chi connectivity index (χ4n) is 6.26. The second-order valence-electron chi connectivity index (χ2n) is 10.3. The number of likely N-dealkylation sites (N-methyl/N-ethyl adjacent to an activating group) is 1. The van der Waals surface area contributed by atoms with Gasteiger partial charge in [0, 0.05) is 30.8 Å². The van der Waals surface area contributed by atoms with Crippen LogP contribution in [0.5, 0.6) is 0 Å². The third-order valence-corrected chi connectivity index (χ3v) is 8.11. The van der Waals surface area contributed by atoms with Gasteiger partial charge in [-0.05, 0) is 67.0 Å². The number of aromatic nitrogens is 3. The molecule has 7 rings (SSSR count). The zero-order chi connectivity index (χ0) is 24.6. The first-order valence-electron chi connectivity index (χ1n) is 12.6. The van der Waals surface area contributed by atoms with Crippen molar-refractivity contribution in [2.45, 2.75) is 44.2 Å². The van der Waals surface area contributed by atoms with Gasteiger partial charge in [-0.1, -0.05) is 17.7 Å². The summed E-state index contributed by atoms with van der Waals surface area (Å²) < 4.78 is 2.39. The van der Waals surface area contributed by atoms with Crippen molar-refractivity contribution in [2.75, 3.05) is 18.9 Å². The smallest absolute Gasteiger partial charge is 0.322 e. The highest BCUT2D eigenvalue weighted by molar-refractivity contribution is 6.00. The third-order valence-electron chi connectivity index (χ3n) is 8.11. The lowest BCUT2D eigenvalue weighted by Gasteiger charge is -2.29. The quantitative estimate of drug-likeness (QED) is 0.557. The van der Waals surface area contributed by atoms with Gasteiger partial charge in [0.1, 0.15) is 18.2 Å². The van der Waals surface area contributed by atoms with Crippen LogP contribution < -0.4 is 5.32 Å². The number of fused-ring (bicyclic) bond motifs is 9. The molecule has 3 aromatic rings. The molecule has 2 atom stereocenters. The lowest BCUT2D eigenvalue weighted by Crippen LogP contribution is -2.32. The summed E-state index contributed by atoms with van der Waals surface area (Å²) in [6.45, 7) is -0.172. The van der Waals surface area contributed by atoms with Crippen LogP contribution in [0.4, 0.5) is 5.82 Å². The van der Waals surface area contributed by atoms with Gasteiger partial charge < -0.3 is 19.9 Å². The predicted octanol–water partition coefficient (Wildman–Crippen LogP) is 4.48. The van der Waals surface area contributed by atoms with Crippen molar-refractivity contribution in [1.82, 2.24) is 19.4 Å². The number of anilines is 1. The van der Waals surface area contributed by atoms with E-state index in [1.165, 1.54) is 24.0 Å². The molecule has 2 bridgehead atoms. The minimum Gasteiger partial charge on any atom is -0.480 e. The number of rotatable bonds is 5. The molecule has 0 radical (unpaired) electrons.